The van der Waals surface area contributed by atoms with Crippen molar-refractivity contribution in [3.05, 3.63) is 89.8 Å². The van der Waals surface area contributed by atoms with Gasteiger partial charge in [-0.2, -0.15) is 0 Å². The summed E-state index contributed by atoms with van der Waals surface area (Å²) in [6.45, 7) is 10.4. The van der Waals surface area contributed by atoms with E-state index < -0.39 is 0 Å². The number of nitrogens with zero attached hydrogens (tertiary/aromatic N) is 3. The number of rotatable bonds is 10. The molecule has 3 rings (SSSR count). The first kappa shape index (κ1) is 23.5. The number of benzene rings is 2. The van der Waals surface area contributed by atoms with Crippen LogP contribution in [0, 0.1) is 12.8 Å². The number of carbonyl (C=O) groups excluding carboxylic acids is 2. The van der Waals surface area contributed by atoms with Gasteiger partial charge in [-0.25, -0.2) is 0 Å². The molecule has 0 fully saturated rings. The number of hydrogen-bond donors (Lipinski definition) is 1. The highest BCUT2D eigenvalue weighted by atomic mass is 32.2. The van der Waals surface area contributed by atoms with Crippen LogP contribution in [-0.4, -0.2) is 32.2 Å². The molecule has 0 spiro atoms. The molecule has 6 nitrogen and oxygen atoms in total. The maximum Gasteiger partial charge on any atom is 0.251 e. The van der Waals surface area contributed by atoms with Crippen molar-refractivity contribution in [2.75, 3.05) is 5.75 Å². The summed E-state index contributed by atoms with van der Waals surface area (Å²) in [6, 6.07) is 16.3. The lowest BCUT2D eigenvalue weighted by molar-refractivity contribution is 0.0921. The van der Waals surface area contributed by atoms with Crippen molar-refractivity contribution in [2.45, 2.75) is 38.5 Å². The van der Waals surface area contributed by atoms with E-state index in [2.05, 4.69) is 22.1 Å². The number of thioether (sulfide) groups is 1. The Bertz CT molecular complexity index is 1080. The van der Waals surface area contributed by atoms with Gasteiger partial charge >= 0.3 is 0 Å². The topological polar surface area (TPSA) is 76.9 Å². The van der Waals surface area contributed by atoms with Gasteiger partial charge in [-0.15, -0.1) is 16.8 Å². The van der Waals surface area contributed by atoms with Gasteiger partial charge in [-0.05, 0) is 25.0 Å². The fraction of sp³-hybridized carbons (Fsp3) is 0.280. The van der Waals surface area contributed by atoms with Crippen LogP contribution in [0.3, 0.4) is 0 Å². The normalized spacial score (nSPS) is 11.9. The Labute approximate surface area is 193 Å². The molecule has 1 aromatic heterocycles. The Morgan fingerprint density at radius 3 is 2.38 bits per heavy atom. The van der Waals surface area contributed by atoms with Crippen molar-refractivity contribution >= 4 is 23.5 Å². The zero-order chi connectivity index (χ0) is 23.1. The molecule has 0 aliphatic heterocycles. The molecule has 0 radical (unpaired) electrons. The van der Waals surface area contributed by atoms with Crippen LogP contribution < -0.4 is 5.32 Å². The summed E-state index contributed by atoms with van der Waals surface area (Å²) in [5, 5.41) is 12.4. The predicted octanol–water partition coefficient (Wildman–Crippen LogP) is 4.87. The average Bonchev–Trinajstić information content (AvgIpc) is 3.19. The number of nitrogens with one attached hydrogen (secondary N) is 1. The van der Waals surface area contributed by atoms with Gasteiger partial charge in [0.1, 0.15) is 0 Å². The molecule has 0 saturated carbocycles. The largest absolute Gasteiger partial charge is 0.342 e. The minimum absolute atomic E-state index is 0.0263. The van der Waals surface area contributed by atoms with Gasteiger partial charge in [0.15, 0.2) is 16.8 Å². The Kier molecular flexibility index (Phi) is 8.00. The van der Waals surface area contributed by atoms with Crippen LogP contribution >= 0.6 is 11.8 Å². The molecule has 32 heavy (non-hydrogen) atoms. The Hall–Kier alpha value is -3.19. The van der Waals surface area contributed by atoms with Gasteiger partial charge in [0.2, 0.25) is 0 Å². The number of aryl methyl sites for hydroxylation is 1. The second kappa shape index (κ2) is 10.9. The van der Waals surface area contributed by atoms with Crippen molar-refractivity contribution in [3.8, 4) is 0 Å². The Morgan fingerprint density at radius 2 is 1.75 bits per heavy atom. The van der Waals surface area contributed by atoms with Gasteiger partial charge in [-0.3, -0.25) is 9.59 Å². The minimum atomic E-state index is -0.338. The van der Waals surface area contributed by atoms with Crippen LogP contribution in [0.15, 0.2) is 72.4 Å². The summed E-state index contributed by atoms with van der Waals surface area (Å²) < 4.78 is 1.91. The number of carbonyl (C=O) groups is 2. The number of amides is 1. The fourth-order valence-electron chi connectivity index (χ4n) is 3.23. The molecule has 0 bridgehead atoms. The maximum atomic E-state index is 12.9. The van der Waals surface area contributed by atoms with E-state index in [0.29, 0.717) is 28.7 Å². The number of ketones is 1. The lowest BCUT2D eigenvalue weighted by atomic mass is 10.0. The smallest absolute Gasteiger partial charge is 0.251 e. The van der Waals surface area contributed by atoms with E-state index in [4.69, 9.17) is 0 Å². The lowest BCUT2D eigenvalue weighted by Crippen LogP contribution is -2.33. The molecule has 1 amide bonds. The monoisotopic (exact) mass is 448 g/mol. The summed E-state index contributed by atoms with van der Waals surface area (Å²) >= 11 is 1.34. The van der Waals surface area contributed by atoms with Crippen LogP contribution in [0.2, 0.25) is 0 Å². The van der Waals surface area contributed by atoms with Crippen LogP contribution in [0.5, 0.6) is 0 Å². The third-order valence-electron chi connectivity index (χ3n) is 5.03. The molecule has 7 heteroatoms. The molecule has 0 aliphatic rings. The second-order valence-corrected chi connectivity index (χ2v) is 8.82. The van der Waals surface area contributed by atoms with Crippen LogP contribution in [0.1, 0.15) is 52.0 Å². The zero-order valence-corrected chi connectivity index (χ0v) is 19.4. The van der Waals surface area contributed by atoms with Crippen LogP contribution in [0.25, 0.3) is 0 Å². The van der Waals surface area contributed by atoms with Gasteiger partial charge in [0.05, 0.1) is 11.8 Å². The molecule has 0 aliphatic carbocycles. The molecule has 166 valence electrons. The number of hydrogen-bond acceptors (Lipinski definition) is 5. The number of aromatic nitrogens is 3. The third-order valence-corrected chi connectivity index (χ3v) is 6.00. The maximum absolute atomic E-state index is 12.9. The van der Waals surface area contributed by atoms with Crippen LogP contribution in [-0.2, 0) is 6.54 Å². The number of Topliss-reactive ketones (excluding diaryl/α,β-unsaturated/α-hetero) is 1. The van der Waals surface area contributed by atoms with E-state index in [0.717, 1.165) is 5.56 Å². The first-order valence-electron chi connectivity index (χ1n) is 10.5. The van der Waals surface area contributed by atoms with Crippen molar-refractivity contribution in [1.82, 2.24) is 20.1 Å². The highest BCUT2D eigenvalue weighted by Crippen LogP contribution is 2.26. The minimum Gasteiger partial charge on any atom is -0.342 e. The molecule has 0 unspecified atom stereocenters. The molecule has 1 atom stereocenters. The molecule has 3 aromatic rings. The SMILES string of the molecule is C=CCn1c(SCC(=O)c2ccccc2)nnc1[C@H](NC(=O)c1ccc(C)cc1)C(C)C. The molecule has 0 saturated heterocycles. The van der Waals surface area contributed by atoms with E-state index in [-0.39, 0.29) is 29.4 Å². The number of allylic oxidation sites excluding steroid dienone is 1. The average molecular weight is 449 g/mol. The molecule has 1 heterocycles. The molecule has 2 aromatic carbocycles. The van der Waals surface area contributed by atoms with Crippen molar-refractivity contribution < 1.29 is 9.59 Å². The van der Waals surface area contributed by atoms with E-state index >= 15 is 0 Å². The van der Waals surface area contributed by atoms with E-state index in [1.165, 1.54) is 11.8 Å². The van der Waals surface area contributed by atoms with E-state index in [9.17, 15) is 9.59 Å². The van der Waals surface area contributed by atoms with E-state index in [1.807, 2.05) is 67.8 Å². The summed E-state index contributed by atoms with van der Waals surface area (Å²) in [5.41, 5.74) is 2.36. The standard InChI is InChI=1S/C25H28N4O2S/c1-5-15-29-23(22(17(2)3)26-24(31)20-13-11-18(4)12-14-20)27-28-25(29)32-16-21(30)19-9-7-6-8-10-19/h5-14,17,22H,1,15-16H2,2-4H3,(H,26,31)/t22-/m1/s1. The Morgan fingerprint density at radius 1 is 1.06 bits per heavy atom. The first-order valence-corrected chi connectivity index (χ1v) is 11.5. The van der Waals surface area contributed by atoms with Crippen molar-refractivity contribution in [3.63, 3.8) is 0 Å². The highest BCUT2D eigenvalue weighted by Gasteiger charge is 2.26. The fourth-order valence-corrected chi connectivity index (χ4v) is 4.08. The summed E-state index contributed by atoms with van der Waals surface area (Å²) in [4.78, 5) is 25.4. The quantitative estimate of drug-likeness (QED) is 0.272. The summed E-state index contributed by atoms with van der Waals surface area (Å²) in [5.74, 6) is 0.848. The van der Waals surface area contributed by atoms with Gasteiger partial charge in [0, 0.05) is 17.7 Å². The summed E-state index contributed by atoms with van der Waals surface area (Å²) in [6.07, 6.45) is 1.76. The van der Waals surface area contributed by atoms with Crippen molar-refractivity contribution in [2.24, 2.45) is 5.92 Å². The lowest BCUT2D eigenvalue weighted by Gasteiger charge is -2.22. The van der Waals surface area contributed by atoms with Crippen molar-refractivity contribution in [1.29, 1.82) is 0 Å². The van der Waals surface area contributed by atoms with Gasteiger partial charge in [-0.1, -0.05) is 79.7 Å². The van der Waals surface area contributed by atoms with Gasteiger partial charge < -0.3 is 9.88 Å². The predicted molar refractivity (Wildman–Crippen MR) is 128 cm³/mol. The van der Waals surface area contributed by atoms with E-state index in [1.54, 1.807) is 18.2 Å². The molecular formula is C25H28N4O2S. The second-order valence-electron chi connectivity index (χ2n) is 7.88. The third kappa shape index (κ3) is 5.73. The summed E-state index contributed by atoms with van der Waals surface area (Å²) in [7, 11) is 0. The highest BCUT2D eigenvalue weighted by molar-refractivity contribution is 7.99. The first-order chi connectivity index (χ1) is 15.4. The van der Waals surface area contributed by atoms with Gasteiger partial charge in [0.25, 0.3) is 5.91 Å². The molecular weight excluding hydrogens is 420 g/mol. The molecule has 1 N–H and O–H groups in total. The zero-order valence-electron chi connectivity index (χ0n) is 18.6. The Balaban J connectivity index is 1.80. The van der Waals surface area contributed by atoms with Crippen LogP contribution in [0.4, 0.5) is 0 Å².